The molecule has 118 valence electrons. The van der Waals surface area contributed by atoms with E-state index in [1.807, 2.05) is 13.0 Å². The molecule has 4 rings (SSSR count). The van der Waals surface area contributed by atoms with Gasteiger partial charge in [0, 0.05) is 6.20 Å². The number of fused-ring (bicyclic) bond motifs is 1. The van der Waals surface area contributed by atoms with Crippen LogP contribution in [0.4, 0.5) is 0 Å². The van der Waals surface area contributed by atoms with E-state index in [0.29, 0.717) is 27.4 Å². The Bertz CT molecular complexity index is 1120. The molecule has 0 atom stereocenters. The molecular weight excluding hydrogens is 328 g/mol. The van der Waals surface area contributed by atoms with Crippen LogP contribution in [0.1, 0.15) is 5.56 Å². The maximum absolute atomic E-state index is 12.3. The second-order valence-corrected chi connectivity index (χ2v) is 5.62. The third kappa shape index (κ3) is 2.28. The van der Waals surface area contributed by atoms with E-state index in [-0.39, 0.29) is 5.89 Å². The van der Waals surface area contributed by atoms with Gasteiger partial charge in [0.2, 0.25) is 5.89 Å². The van der Waals surface area contributed by atoms with Gasteiger partial charge in [0.1, 0.15) is 5.69 Å². The second kappa shape index (κ2) is 5.58. The highest BCUT2D eigenvalue weighted by Crippen LogP contribution is 2.25. The molecule has 0 saturated heterocycles. The number of benzene rings is 1. The minimum Gasteiger partial charge on any atom is -0.401 e. The number of halogens is 1. The van der Waals surface area contributed by atoms with Gasteiger partial charge < -0.3 is 4.42 Å². The zero-order valence-electron chi connectivity index (χ0n) is 12.6. The monoisotopic (exact) mass is 338 g/mol. The Morgan fingerprint density at radius 1 is 1.12 bits per heavy atom. The topological polar surface area (TPSA) is 73.8 Å². The summed E-state index contributed by atoms with van der Waals surface area (Å²) in [5.41, 5.74) is 1.55. The predicted molar refractivity (Wildman–Crippen MR) is 90.4 cm³/mol. The lowest BCUT2D eigenvalue weighted by molar-refractivity contribution is 0.513. The zero-order chi connectivity index (χ0) is 16.7. The highest BCUT2D eigenvalue weighted by Gasteiger charge is 2.17. The van der Waals surface area contributed by atoms with Crippen molar-refractivity contribution >= 4 is 22.5 Å². The molecule has 0 fully saturated rings. The first-order chi connectivity index (χ1) is 11.6. The molecule has 0 unspecified atom stereocenters. The molecule has 0 bridgehead atoms. The van der Waals surface area contributed by atoms with Crippen molar-refractivity contribution in [2.24, 2.45) is 0 Å². The number of aromatic nitrogens is 4. The van der Waals surface area contributed by atoms with E-state index in [1.165, 1.54) is 4.68 Å². The van der Waals surface area contributed by atoms with Crippen LogP contribution < -0.4 is 5.63 Å². The van der Waals surface area contributed by atoms with E-state index in [2.05, 4.69) is 15.1 Å². The summed E-state index contributed by atoms with van der Waals surface area (Å²) in [6.45, 7) is 1.89. The van der Waals surface area contributed by atoms with E-state index in [1.54, 1.807) is 42.7 Å². The second-order valence-electron chi connectivity index (χ2n) is 5.21. The number of hydrogen-bond donors (Lipinski definition) is 0. The van der Waals surface area contributed by atoms with E-state index in [0.717, 1.165) is 5.56 Å². The average molecular weight is 339 g/mol. The van der Waals surface area contributed by atoms with Gasteiger partial charge in [-0.3, -0.25) is 0 Å². The highest BCUT2D eigenvalue weighted by molar-refractivity contribution is 6.32. The summed E-state index contributed by atoms with van der Waals surface area (Å²) in [6, 6.07) is 10.5. The summed E-state index contributed by atoms with van der Waals surface area (Å²) in [4.78, 5) is 21.0. The Labute approximate surface area is 141 Å². The van der Waals surface area contributed by atoms with Crippen molar-refractivity contribution in [3.8, 4) is 17.4 Å². The van der Waals surface area contributed by atoms with E-state index in [9.17, 15) is 4.79 Å². The summed E-state index contributed by atoms with van der Waals surface area (Å²) < 4.78 is 6.89. The Morgan fingerprint density at radius 3 is 2.83 bits per heavy atom. The van der Waals surface area contributed by atoms with Gasteiger partial charge in [-0.15, -0.1) is 0 Å². The molecule has 0 radical (unpaired) electrons. The normalized spacial score (nSPS) is 11.1. The van der Waals surface area contributed by atoms with Crippen molar-refractivity contribution < 1.29 is 4.42 Å². The first-order valence-corrected chi connectivity index (χ1v) is 7.59. The standard InChI is InChI=1S/C17H11ClN4O2/c1-10-4-2-5-11-14(10)21-16(24-17(11)23)13-7-9-20-22(13)15-12(18)6-3-8-19-15/h2-9H,1H3. The average Bonchev–Trinajstić information content (AvgIpc) is 3.05. The molecule has 1 aromatic carbocycles. The van der Waals surface area contributed by atoms with Crippen molar-refractivity contribution in [2.45, 2.75) is 6.92 Å². The Balaban J connectivity index is 1.98. The lowest BCUT2D eigenvalue weighted by atomic mass is 10.1. The third-order valence-corrected chi connectivity index (χ3v) is 3.96. The van der Waals surface area contributed by atoms with E-state index in [4.69, 9.17) is 16.0 Å². The molecule has 3 heterocycles. The van der Waals surface area contributed by atoms with Gasteiger partial charge in [-0.05, 0) is 36.8 Å². The fourth-order valence-corrected chi connectivity index (χ4v) is 2.72. The predicted octanol–water partition coefficient (Wildman–Crippen LogP) is 3.40. The van der Waals surface area contributed by atoms with E-state index >= 15 is 0 Å². The van der Waals surface area contributed by atoms with Gasteiger partial charge in [0.05, 0.1) is 22.1 Å². The molecule has 0 aliphatic carbocycles. The Hall–Kier alpha value is -2.99. The van der Waals surface area contributed by atoms with Crippen LogP contribution in [0.2, 0.25) is 5.02 Å². The molecule has 0 aliphatic heterocycles. The van der Waals surface area contributed by atoms with Gasteiger partial charge >= 0.3 is 5.63 Å². The molecule has 0 spiro atoms. The first-order valence-electron chi connectivity index (χ1n) is 7.21. The first kappa shape index (κ1) is 14.6. The highest BCUT2D eigenvalue weighted by atomic mass is 35.5. The van der Waals surface area contributed by atoms with Crippen LogP contribution in [-0.2, 0) is 0 Å². The Morgan fingerprint density at radius 2 is 2.00 bits per heavy atom. The number of aryl methyl sites for hydroxylation is 1. The van der Waals surface area contributed by atoms with Crippen LogP contribution in [-0.4, -0.2) is 19.7 Å². The van der Waals surface area contributed by atoms with Gasteiger partial charge in [0.15, 0.2) is 5.82 Å². The van der Waals surface area contributed by atoms with Crippen LogP contribution >= 0.6 is 11.6 Å². The number of hydrogen-bond acceptors (Lipinski definition) is 5. The maximum Gasteiger partial charge on any atom is 0.347 e. The molecule has 24 heavy (non-hydrogen) atoms. The minimum absolute atomic E-state index is 0.168. The number of para-hydroxylation sites is 1. The van der Waals surface area contributed by atoms with Crippen LogP contribution in [0.3, 0.4) is 0 Å². The van der Waals surface area contributed by atoms with Crippen molar-refractivity contribution in [2.75, 3.05) is 0 Å². The number of nitrogens with zero attached hydrogens (tertiary/aromatic N) is 4. The molecule has 6 nitrogen and oxygen atoms in total. The lowest BCUT2D eigenvalue weighted by Crippen LogP contribution is -2.07. The molecule has 0 aliphatic rings. The zero-order valence-corrected chi connectivity index (χ0v) is 13.4. The molecule has 4 aromatic rings. The number of pyridine rings is 1. The largest absolute Gasteiger partial charge is 0.401 e. The van der Waals surface area contributed by atoms with Gasteiger partial charge in [-0.1, -0.05) is 23.7 Å². The van der Waals surface area contributed by atoms with Crippen molar-refractivity contribution in [3.63, 3.8) is 0 Å². The summed E-state index contributed by atoms with van der Waals surface area (Å²) >= 11 is 6.19. The lowest BCUT2D eigenvalue weighted by Gasteiger charge is -2.07. The maximum atomic E-state index is 12.3. The van der Waals surface area contributed by atoms with Crippen LogP contribution in [0.25, 0.3) is 28.3 Å². The van der Waals surface area contributed by atoms with Crippen molar-refractivity contribution in [3.05, 3.63) is 69.8 Å². The minimum atomic E-state index is -0.446. The molecule has 0 N–H and O–H groups in total. The summed E-state index contributed by atoms with van der Waals surface area (Å²) in [5, 5.41) is 5.10. The van der Waals surface area contributed by atoms with Crippen LogP contribution in [0, 0.1) is 6.92 Å². The fourth-order valence-electron chi connectivity index (χ4n) is 2.52. The van der Waals surface area contributed by atoms with Gasteiger partial charge in [0.25, 0.3) is 0 Å². The fraction of sp³-hybridized carbons (Fsp3) is 0.0588. The van der Waals surface area contributed by atoms with Crippen LogP contribution in [0.15, 0.2) is 58.0 Å². The SMILES string of the molecule is Cc1cccc2c(=O)oc(-c3ccnn3-c3ncccc3Cl)nc12. The van der Waals surface area contributed by atoms with Crippen molar-refractivity contribution in [1.29, 1.82) is 0 Å². The quantitative estimate of drug-likeness (QED) is 0.560. The molecule has 0 saturated carbocycles. The van der Waals surface area contributed by atoms with Gasteiger partial charge in [-0.25, -0.2) is 19.4 Å². The number of rotatable bonds is 2. The summed E-state index contributed by atoms with van der Waals surface area (Å²) in [7, 11) is 0. The smallest absolute Gasteiger partial charge is 0.347 e. The molecule has 3 aromatic heterocycles. The van der Waals surface area contributed by atoms with Crippen molar-refractivity contribution in [1.82, 2.24) is 19.7 Å². The molecular formula is C17H11ClN4O2. The molecule has 7 heteroatoms. The summed E-state index contributed by atoms with van der Waals surface area (Å²) in [5.74, 6) is 0.606. The Kier molecular flexibility index (Phi) is 3.39. The molecule has 0 amide bonds. The van der Waals surface area contributed by atoms with Gasteiger partial charge in [-0.2, -0.15) is 5.10 Å². The summed E-state index contributed by atoms with van der Waals surface area (Å²) in [6.07, 6.45) is 3.19. The third-order valence-electron chi connectivity index (χ3n) is 3.66. The van der Waals surface area contributed by atoms with E-state index < -0.39 is 5.63 Å². The van der Waals surface area contributed by atoms with Crippen LogP contribution in [0.5, 0.6) is 0 Å².